The summed E-state index contributed by atoms with van der Waals surface area (Å²) in [7, 11) is 4.02. The van der Waals surface area contributed by atoms with Crippen LogP contribution in [0.1, 0.15) is 6.42 Å². The van der Waals surface area contributed by atoms with Gasteiger partial charge in [-0.1, -0.05) is 0 Å². The van der Waals surface area contributed by atoms with Crippen LogP contribution in [-0.2, 0) is 0 Å². The molecule has 17 heavy (non-hydrogen) atoms. The van der Waals surface area contributed by atoms with Crippen LogP contribution in [0.3, 0.4) is 0 Å². The molecular formula is C12H20N4O. The van der Waals surface area contributed by atoms with Gasteiger partial charge in [-0.25, -0.2) is 4.79 Å². The van der Waals surface area contributed by atoms with Crippen LogP contribution in [0, 0.1) is 0 Å². The number of hydrogen-bond acceptors (Lipinski definition) is 3. The highest BCUT2D eigenvalue weighted by Gasteiger charge is 2.00. The van der Waals surface area contributed by atoms with Crippen LogP contribution >= 0.6 is 0 Å². The van der Waals surface area contributed by atoms with Gasteiger partial charge in [-0.3, -0.25) is 0 Å². The van der Waals surface area contributed by atoms with E-state index >= 15 is 0 Å². The second-order valence-electron chi connectivity index (χ2n) is 4.16. The van der Waals surface area contributed by atoms with Gasteiger partial charge in [0.05, 0.1) is 0 Å². The first-order valence-corrected chi connectivity index (χ1v) is 5.63. The van der Waals surface area contributed by atoms with Gasteiger partial charge in [-0.15, -0.1) is 0 Å². The molecule has 0 fully saturated rings. The zero-order chi connectivity index (χ0) is 12.7. The Hall–Kier alpha value is -1.75. The number of urea groups is 1. The standard InChI is InChI=1S/C12H20N4O/c1-16(2)9-3-8-14-12(17)15-11-6-4-10(13)5-7-11/h4-7H,3,8-9,13H2,1-2H3,(H2,14,15,17). The van der Waals surface area contributed by atoms with Crippen LogP contribution in [0.2, 0.25) is 0 Å². The summed E-state index contributed by atoms with van der Waals surface area (Å²) in [6.45, 7) is 1.63. The minimum absolute atomic E-state index is 0.187. The van der Waals surface area contributed by atoms with Gasteiger partial charge < -0.3 is 21.3 Å². The molecule has 4 N–H and O–H groups in total. The molecule has 0 radical (unpaired) electrons. The van der Waals surface area contributed by atoms with E-state index in [4.69, 9.17) is 5.73 Å². The minimum atomic E-state index is -0.187. The Morgan fingerprint density at radius 2 is 1.94 bits per heavy atom. The maximum Gasteiger partial charge on any atom is 0.319 e. The van der Waals surface area contributed by atoms with E-state index in [1.165, 1.54) is 0 Å². The lowest BCUT2D eigenvalue weighted by atomic mass is 10.3. The molecule has 2 amide bonds. The molecule has 5 nitrogen and oxygen atoms in total. The highest BCUT2D eigenvalue weighted by molar-refractivity contribution is 5.89. The largest absolute Gasteiger partial charge is 0.399 e. The normalized spacial score (nSPS) is 10.3. The number of carbonyl (C=O) groups is 1. The fourth-order valence-electron chi connectivity index (χ4n) is 1.34. The van der Waals surface area contributed by atoms with Gasteiger partial charge in [0.15, 0.2) is 0 Å². The summed E-state index contributed by atoms with van der Waals surface area (Å²) in [4.78, 5) is 13.6. The zero-order valence-corrected chi connectivity index (χ0v) is 10.4. The van der Waals surface area contributed by atoms with Crippen LogP contribution in [-0.4, -0.2) is 38.1 Å². The molecule has 1 rings (SSSR count). The van der Waals surface area contributed by atoms with Crippen LogP contribution in [0.5, 0.6) is 0 Å². The average Bonchev–Trinajstić information content (AvgIpc) is 2.27. The first-order valence-electron chi connectivity index (χ1n) is 5.63. The maximum absolute atomic E-state index is 11.5. The monoisotopic (exact) mass is 236 g/mol. The number of amides is 2. The Labute approximate surface area is 102 Å². The Kier molecular flexibility index (Phi) is 5.29. The maximum atomic E-state index is 11.5. The lowest BCUT2D eigenvalue weighted by Gasteiger charge is -2.10. The average molecular weight is 236 g/mol. The molecule has 0 aromatic heterocycles. The Morgan fingerprint density at radius 1 is 1.29 bits per heavy atom. The zero-order valence-electron chi connectivity index (χ0n) is 10.4. The molecule has 0 aliphatic rings. The predicted molar refractivity (Wildman–Crippen MR) is 71.0 cm³/mol. The minimum Gasteiger partial charge on any atom is -0.399 e. The van der Waals surface area contributed by atoms with E-state index in [2.05, 4.69) is 15.5 Å². The van der Waals surface area contributed by atoms with Crippen LogP contribution < -0.4 is 16.4 Å². The molecule has 0 saturated carbocycles. The van der Waals surface area contributed by atoms with Gasteiger partial charge in [0, 0.05) is 17.9 Å². The second-order valence-corrected chi connectivity index (χ2v) is 4.16. The van der Waals surface area contributed by atoms with E-state index in [1.54, 1.807) is 24.3 Å². The molecular weight excluding hydrogens is 216 g/mol. The third kappa shape index (κ3) is 5.77. The fourth-order valence-corrected chi connectivity index (χ4v) is 1.34. The van der Waals surface area contributed by atoms with Crippen molar-refractivity contribution in [2.45, 2.75) is 6.42 Å². The highest BCUT2D eigenvalue weighted by atomic mass is 16.2. The lowest BCUT2D eigenvalue weighted by Crippen LogP contribution is -2.31. The number of nitrogens with two attached hydrogens (primary N) is 1. The Bertz CT molecular complexity index is 348. The molecule has 0 bridgehead atoms. The Balaban J connectivity index is 2.23. The summed E-state index contributed by atoms with van der Waals surface area (Å²) < 4.78 is 0. The molecule has 0 aliphatic heterocycles. The number of rotatable bonds is 5. The topological polar surface area (TPSA) is 70.4 Å². The molecule has 5 heteroatoms. The van der Waals surface area contributed by atoms with Gasteiger partial charge in [-0.2, -0.15) is 0 Å². The third-order valence-electron chi connectivity index (χ3n) is 2.24. The number of hydrogen-bond donors (Lipinski definition) is 3. The third-order valence-corrected chi connectivity index (χ3v) is 2.24. The van der Waals surface area contributed by atoms with Crippen molar-refractivity contribution in [1.29, 1.82) is 0 Å². The van der Waals surface area contributed by atoms with Crippen molar-refractivity contribution in [3.05, 3.63) is 24.3 Å². The number of nitrogen functional groups attached to an aromatic ring is 1. The van der Waals surface area contributed by atoms with Crippen molar-refractivity contribution < 1.29 is 4.79 Å². The van der Waals surface area contributed by atoms with Crippen molar-refractivity contribution in [3.63, 3.8) is 0 Å². The van der Waals surface area contributed by atoms with Gasteiger partial charge in [0.25, 0.3) is 0 Å². The van der Waals surface area contributed by atoms with Crippen LogP contribution in [0.25, 0.3) is 0 Å². The summed E-state index contributed by atoms with van der Waals surface area (Å²) in [6, 6.07) is 6.86. The van der Waals surface area contributed by atoms with E-state index in [0.29, 0.717) is 12.2 Å². The van der Waals surface area contributed by atoms with Crippen molar-refractivity contribution in [1.82, 2.24) is 10.2 Å². The van der Waals surface area contributed by atoms with Crippen LogP contribution in [0.4, 0.5) is 16.2 Å². The number of anilines is 2. The first-order chi connectivity index (χ1) is 8.08. The molecule has 94 valence electrons. The summed E-state index contributed by atoms with van der Waals surface area (Å²) in [6.07, 6.45) is 0.933. The molecule has 0 heterocycles. The van der Waals surface area contributed by atoms with Crippen molar-refractivity contribution >= 4 is 17.4 Å². The number of benzene rings is 1. The highest BCUT2D eigenvalue weighted by Crippen LogP contribution is 2.09. The molecule has 0 aliphatic carbocycles. The number of nitrogens with one attached hydrogen (secondary N) is 2. The van der Waals surface area contributed by atoms with Gasteiger partial charge in [-0.05, 0) is 51.3 Å². The molecule has 0 spiro atoms. The second kappa shape index (κ2) is 6.75. The van der Waals surface area contributed by atoms with E-state index in [0.717, 1.165) is 18.7 Å². The molecule has 0 unspecified atom stereocenters. The van der Waals surface area contributed by atoms with Crippen molar-refractivity contribution in [3.8, 4) is 0 Å². The summed E-state index contributed by atoms with van der Waals surface area (Å²) in [5.41, 5.74) is 6.97. The molecule has 0 atom stereocenters. The van der Waals surface area contributed by atoms with Gasteiger partial charge in [0.2, 0.25) is 0 Å². The lowest BCUT2D eigenvalue weighted by molar-refractivity contribution is 0.251. The molecule has 1 aromatic carbocycles. The molecule has 1 aromatic rings. The Morgan fingerprint density at radius 3 is 2.53 bits per heavy atom. The van der Waals surface area contributed by atoms with E-state index < -0.39 is 0 Å². The number of nitrogens with zero attached hydrogens (tertiary/aromatic N) is 1. The first kappa shape index (κ1) is 13.3. The van der Waals surface area contributed by atoms with Gasteiger partial charge in [0.1, 0.15) is 0 Å². The van der Waals surface area contributed by atoms with Crippen LogP contribution in [0.15, 0.2) is 24.3 Å². The van der Waals surface area contributed by atoms with Crippen molar-refractivity contribution in [2.75, 3.05) is 38.2 Å². The quantitative estimate of drug-likeness (QED) is 0.534. The predicted octanol–water partition coefficient (Wildman–Crippen LogP) is 1.34. The fraction of sp³-hybridized carbons (Fsp3) is 0.417. The van der Waals surface area contributed by atoms with E-state index in [1.807, 2.05) is 14.1 Å². The van der Waals surface area contributed by atoms with E-state index in [-0.39, 0.29) is 6.03 Å². The van der Waals surface area contributed by atoms with E-state index in [9.17, 15) is 4.79 Å². The molecule has 0 saturated heterocycles. The SMILES string of the molecule is CN(C)CCCNC(=O)Nc1ccc(N)cc1. The van der Waals surface area contributed by atoms with Crippen molar-refractivity contribution in [2.24, 2.45) is 0 Å². The summed E-state index contributed by atoms with van der Waals surface area (Å²) in [5, 5.41) is 5.53. The number of carbonyl (C=O) groups excluding carboxylic acids is 1. The van der Waals surface area contributed by atoms with Gasteiger partial charge >= 0.3 is 6.03 Å². The summed E-state index contributed by atoms with van der Waals surface area (Å²) in [5.74, 6) is 0. The summed E-state index contributed by atoms with van der Waals surface area (Å²) >= 11 is 0. The smallest absolute Gasteiger partial charge is 0.319 e.